The second-order valence-corrected chi connectivity index (χ2v) is 10.5. The highest BCUT2D eigenvalue weighted by Gasteiger charge is 2.22. The quantitative estimate of drug-likeness (QED) is 0.553. The molecule has 0 radical (unpaired) electrons. The minimum absolute atomic E-state index is 0.180. The highest BCUT2D eigenvalue weighted by Crippen LogP contribution is 2.28. The third kappa shape index (κ3) is 5.53. The Bertz CT molecular complexity index is 1220. The van der Waals surface area contributed by atoms with Gasteiger partial charge >= 0.3 is 0 Å². The number of aromatic nitrogens is 1. The molecule has 1 heterocycles. The van der Waals surface area contributed by atoms with Gasteiger partial charge in [-0.05, 0) is 66.3 Å². The topological polar surface area (TPSA) is 88.2 Å². The molecule has 1 aromatic heterocycles. The molecule has 2 N–H and O–H groups in total. The first kappa shape index (κ1) is 23.5. The Morgan fingerprint density at radius 1 is 1.03 bits per heavy atom. The number of pyridine rings is 1. The van der Waals surface area contributed by atoms with Gasteiger partial charge in [0.15, 0.2) is 0 Å². The number of hydrogen-bond donors (Lipinski definition) is 2. The highest BCUT2D eigenvalue weighted by molar-refractivity contribution is 7.92. The van der Waals surface area contributed by atoms with Gasteiger partial charge in [-0.3, -0.25) is 14.5 Å². The van der Waals surface area contributed by atoms with Crippen LogP contribution in [0, 0.1) is 6.92 Å². The molecule has 0 aliphatic carbocycles. The Morgan fingerprint density at radius 2 is 1.78 bits per heavy atom. The number of rotatable bonds is 6. The molecule has 1 amide bonds. The number of nitrogens with zero attached hydrogens (tertiary/aromatic N) is 1. The van der Waals surface area contributed by atoms with Crippen LogP contribution in [0.25, 0.3) is 0 Å². The molecule has 0 saturated heterocycles. The summed E-state index contributed by atoms with van der Waals surface area (Å²) < 4.78 is 28.9. The number of nitrogens with one attached hydrogen (secondary N) is 2. The van der Waals surface area contributed by atoms with Gasteiger partial charge in [-0.1, -0.05) is 45.0 Å². The Hall–Kier alpha value is -3.19. The molecular weight excluding hydrogens is 422 g/mol. The fourth-order valence-electron chi connectivity index (χ4n) is 3.29. The van der Waals surface area contributed by atoms with E-state index in [4.69, 9.17) is 0 Å². The van der Waals surface area contributed by atoms with Crippen molar-refractivity contribution in [3.8, 4) is 0 Å². The summed E-state index contributed by atoms with van der Waals surface area (Å²) in [7, 11) is -3.83. The maximum Gasteiger partial charge on any atom is 0.262 e. The number of benzene rings is 2. The lowest BCUT2D eigenvalue weighted by molar-refractivity contribution is 0.0940. The van der Waals surface area contributed by atoms with E-state index < -0.39 is 10.0 Å². The molecule has 2 aromatic carbocycles. The summed E-state index contributed by atoms with van der Waals surface area (Å²) in [6.07, 6.45) is 3.37. The Kier molecular flexibility index (Phi) is 6.69. The molecule has 3 aromatic rings. The van der Waals surface area contributed by atoms with E-state index in [2.05, 4.69) is 15.0 Å². The Labute approximate surface area is 190 Å². The number of carbonyl (C=O) groups is 1. The predicted octanol–water partition coefficient (Wildman–Crippen LogP) is 4.98. The van der Waals surface area contributed by atoms with Crippen LogP contribution in [0.1, 0.15) is 60.8 Å². The number of aryl methyl sites for hydroxylation is 1. The summed E-state index contributed by atoms with van der Waals surface area (Å²) in [6, 6.07) is 15.4. The molecule has 0 aliphatic rings. The first-order valence-electron chi connectivity index (χ1n) is 10.4. The molecular formula is C25H29N3O3S. The molecule has 6 nitrogen and oxygen atoms in total. The first-order valence-corrected chi connectivity index (χ1v) is 11.9. The van der Waals surface area contributed by atoms with Crippen molar-refractivity contribution in [2.75, 3.05) is 4.72 Å². The van der Waals surface area contributed by atoms with Crippen LogP contribution in [0.3, 0.4) is 0 Å². The van der Waals surface area contributed by atoms with Crippen molar-refractivity contribution in [1.29, 1.82) is 0 Å². The summed E-state index contributed by atoms with van der Waals surface area (Å²) in [5.74, 6) is -0.298. The average Bonchev–Trinajstić information content (AvgIpc) is 2.73. The van der Waals surface area contributed by atoms with E-state index in [0.717, 1.165) is 11.1 Å². The Morgan fingerprint density at radius 3 is 2.44 bits per heavy atom. The number of hydrogen-bond acceptors (Lipinski definition) is 4. The molecule has 0 unspecified atom stereocenters. The summed E-state index contributed by atoms with van der Waals surface area (Å²) in [5.41, 5.74) is 2.98. The second-order valence-electron chi connectivity index (χ2n) is 8.90. The highest BCUT2D eigenvalue weighted by atomic mass is 32.2. The van der Waals surface area contributed by atoms with Crippen LogP contribution in [0.4, 0.5) is 5.69 Å². The SMILES string of the molecule is Cc1ccc(C(C)(C)C)cc1S(=O)(=O)Nc1cccc(C(=O)N[C@@H](C)c2cccnc2)c1. The predicted molar refractivity (Wildman–Crippen MR) is 127 cm³/mol. The zero-order chi connectivity index (χ0) is 23.5. The second kappa shape index (κ2) is 9.12. The van der Waals surface area contributed by atoms with E-state index in [0.29, 0.717) is 16.8 Å². The van der Waals surface area contributed by atoms with Gasteiger partial charge in [-0.2, -0.15) is 0 Å². The van der Waals surface area contributed by atoms with E-state index in [9.17, 15) is 13.2 Å². The van der Waals surface area contributed by atoms with Crippen molar-refractivity contribution >= 4 is 21.6 Å². The largest absolute Gasteiger partial charge is 0.345 e. The molecule has 7 heteroatoms. The van der Waals surface area contributed by atoms with Gasteiger partial charge in [0.05, 0.1) is 10.9 Å². The van der Waals surface area contributed by atoms with Gasteiger partial charge < -0.3 is 5.32 Å². The standard InChI is InChI=1S/C25H29N3O3S/c1-17-11-12-21(25(3,4)5)15-23(17)32(30,31)28-22-10-6-8-19(14-22)24(29)27-18(2)20-9-7-13-26-16-20/h6-16,18,28H,1-5H3,(H,27,29)/t18-/m0/s1. The number of sulfonamides is 1. The summed E-state index contributed by atoms with van der Waals surface area (Å²) >= 11 is 0. The number of anilines is 1. The normalized spacial score (nSPS) is 12.8. The van der Waals surface area contributed by atoms with Crippen molar-refractivity contribution in [3.05, 3.63) is 89.2 Å². The summed E-state index contributed by atoms with van der Waals surface area (Å²) in [5, 5.41) is 2.91. The van der Waals surface area contributed by atoms with Crippen LogP contribution in [0.2, 0.25) is 0 Å². The van der Waals surface area contributed by atoms with Crippen LogP contribution in [0.15, 0.2) is 71.9 Å². The molecule has 0 aliphatic heterocycles. The number of amides is 1. The molecule has 168 valence electrons. The van der Waals surface area contributed by atoms with Gasteiger partial charge in [-0.15, -0.1) is 0 Å². The van der Waals surface area contributed by atoms with Crippen LogP contribution in [-0.4, -0.2) is 19.3 Å². The van der Waals surface area contributed by atoms with E-state index >= 15 is 0 Å². The lowest BCUT2D eigenvalue weighted by atomic mass is 9.87. The third-order valence-electron chi connectivity index (χ3n) is 5.25. The van der Waals surface area contributed by atoms with Crippen molar-refractivity contribution in [3.63, 3.8) is 0 Å². The van der Waals surface area contributed by atoms with E-state index in [1.807, 2.05) is 52.0 Å². The average molecular weight is 452 g/mol. The third-order valence-corrected chi connectivity index (χ3v) is 6.78. The molecule has 1 atom stereocenters. The van der Waals surface area contributed by atoms with E-state index in [-0.39, 0.29) is 22.3 Å². The summed E-state index contributed by atoms with van der Waals surface area (Å²) in [6.45, 7) is 9.75. The van der Waals surface area contributed by atoms with Crippen LogP contribution < -0.4 is 10.0 Å². The molecule has 0 bridgehead atoms. The Balaban J connectivity index is 1.82. The van der Waals surface area contributed by atoms with Crippen LogP contribution in [-0.2, 0) is 15.4 Å². The molecule has 0 saturated carbocycles. The first-order chi connectivity index (χ1) is 15.0. The van der Waals surface area contributed by atoms with Crippen molar-refractivity contribution in [2.24, 2.45) is 0 Å². The fourth-order valence-corrected chi connectivity index (χ4v) is 4.61. The minimum atomic E-state index is -3.83. The fraction of sp³-hybridized carbons (Fsp3) is 0.280. The van der Waals surface area contributed by atoms with Gasteiger partial charge in [0.25, 0.3) is 15.9 Å². The lowest BCUT2D eigenvalue weighted by Gasteiger charge is -2.21. The molecule has 3 rings (SSSR count). The smallest absolute Gasteiger partial charge is 0.262 e. The van der Waals surface area contributed by atoms with E-state index in [1.54, 1.807) is 43.6 Å². The van der Waals surface area contributed by atoms with E-state index in [1.165, 1.54) is 6.07 Å². The van der Waals surface area contributed by atoms with Crippen LogP contribution >= 0.6 is 0 Å². The van der Waals surface area contributed by atoms with Crippen molar-refractivity contribution in [2.45, 2.75) is 51.0 Å². The molecule has 0 spiro atoms. The van der Waals surface area contributed by atoms with Gasteiger partial charge in [0.1, 0.15) is 0 Å². The lowest BCUT2D eigenvalue weighted by Crippen LogP contribution is -2.26. The molecule has 32 heavy (non-hydrogen) atoms. The molecule has 0 fully saturated rings. The maximum absolute atomic E-state index is 13.1. The van der Waals surface area contributed by atoms with Gasteiger partial charge in [0.2, 0.25) is 0 Å². The van der Waals surface area contributed by atoms with Crippen LogP contribution in [0.5, 0.6) is 0 Å². The maximum atomic E-state index is 13.1. The van der Waals surface area contributed by atoms with Crippen molar-refractivity contribution < 1.29 is 13.2 Å². The monoisotopic (exact) mass is 451 g/mol. The minimum Gasteiger partial charge on any atom is -0.345 e. The number of carbonyl (C=O) groups excluding carboxylic acids is 1. The summed E-state index contributed by atoms with van der Waals surface area (Å²) in [4.78, 5) is 17.0. The zero-order valence-electron chi connectivity index (χ0n) is 19.0. The zero-order valence-corrected chi connectivity index (χ0v) is 19.8. The van der Waals surface area contributed by atoms with Crippen molar-refractivity contribution in [1.82, 2.24) is 10.3 Å². The van der Waals surface area contributed by atoms with Gasteiger partial charge in [-0.25, -0.2) is 8.42 Å². The van der Waals surface area contributed by atoms with Gasteiger partial charge in [0, 0.05) is 23.6 Å².